The third-order valence-electron chi connectivity index (χ3n) is 5.20. The molecule has 4 aromatic rings. The highest BCUT2D eigenvalue weighted by Crippen LogP contribution is 2.25. The van der Waals surface area contributed by atoms with Gasteiger partial charge in [0, 0.05) is 20.2 Å². The standard InChI is InChI=1S/C24H25N5O4/c1-32-15-13-25-24(31)23(21-12-7-14-33-21)28(16-18-8-3-2-4-9-18)22(30)17-29-20-11-6-5-10-19(20)26-27-29/h2-12,14,23H,13,15-17H2,1H3,(H,25,31). The molecule has 1 N–H and O–H groups in total. The van der Waals surface area contributed by atoms with Crippen LogP contribution in [0.3, 0.4) is 0 Å². The molecule has 4 rings (SSSR count). The second kappa shape index (κ2) is 10.6. The SMILES string of the molecule is COCCNC(=O)C(c1ccco1)N(Cc1ccccc1)C(=O)Cn1nnc2ccccc21. The molecule has 33 heavy (non-hydrogen) atoms. The Balaban J connectivity index is 1.67. The van der Waals surface area contributed by atoms with E-state index in [0.717, 1.165) is 11.1 Å². The largest absolute Gasteiger partial charge is 0.467 e. The van der Waals surface area contributed by atoms with Gasteiger partial charge in [0.05, 0.1) is 18.4 Å². The molecule has 0 fully saturated rings. The zero-order chi connectivity index (χ0) is 23.0. The van der Waals surface area contributed by atoms with Gasteiger partial charge in [-0.25, -0.2) is 4.68 Å². The van der Waals surface area contributed by atoms with E-state index >= 15 is 0 Å². The molecule has 2 amide bonds. The van der Waals surface area contributed by atoms with Gasteiger partial charge in [-0.05, 0) is 29.8 Å². The van der Waals surface area contributed by atoms with E-state index in [1.54, 1.807) is 19.2 Å². The Morgan fingerprint density at radius 2 is 1.88 bits per heavy atom. The highest BCUT2D eigenvalue weighted by molar-refractivity contribution is 5.88. The number of nitrogens with zero attached hydrogens (tertiary/aromatic N) is 4. The summed E-state index contributed by atoms with van der Waals surface area (Å²) in [5.74, 6) is -0.273. The van der Waals surface area contributed by atoms with Crippen molar-refractivity contribution < 1.29 is 18.7 Å². The fourth-order valence-electron chi connectivity index (χ4n) is 3.60. The van der Waals surface area contributed by atoms with Crippen molar-refractivity contribution in [2.24, 2.45) is 0 Å². The van der Waals surface area contributed by atoms with Crippen LogP contribution in [-0.2, 0) is 27.4 Å². The summed E-state index contributed by atoms with van der Waals surface area (Å²) >= 11 is 0. The van der Waals surface area contributed by atoms with Gasteiger partial charge in [0.25, 0.3) is 5.91 Å². The molecule has 0 aliphatic carbocycles. The van der Waals surface area contributed by atoms with E-state index in [1.807, 2.05) is 54.6 Å². The first kappa shape index (κ1) is 22.2. The van der Waals surface area contributed by atoms with Gasteiger partial charge in [0.2, 0.25) is 5.91 Å². The molecule has 9 nitrogen and oxygen atoms in total. The highest BCUT2D eigenvalue weighted by atomic mass is 16.5. The number of aromatic nitrogens is 3. The monoisotopic (exact) mass is 447 g/mol. The minimum atomic E-state index is -0.959. The van der Waals surface area contributed by atoms with E-state index in [-0.39, 0.29) is 24.9 Å². The van der Waals surface area contributed by atoms with Gasteiger partial charge in [-0.3, -0.25) is 9.59 Å². The summed E-state index contributed by atoms with van der Waals surface area (Å²) in [6.45, 7) is 0.813. The molecule has 0 saturated carbocycles. The zero-order valence-corrected chi connectivity index (χ0v) is 18.3. The molecular formula is C24H25N5O4. The van der Waals surface area contributed by atoms with Crippen LogP contribution in [0.25, 0.3) is 11.0 Å². The fraction of sp³-hybridized carbons (Fsp3) is 0.250. The summed E-state index contributed by atoms with van der Waals surface area (Å²) in [4.78, 5) is 28.3. The van der Waals surface area contributed by atoms with Crippen molar-refractivity contribution in [3.05, 3.63) is 84.3 Å². The van der Waals surface area contributed by atoms with Crippen LogP contribution in [0, 0.1) is 0 Å². The number of rotatable bonds is 10. The minimum Gasteiger partial charge on any atom is -0.467 e. The van der Waals surface area contributed by atoms with E-state index in [1.165, 1.54) is 15.8 Å². The smallest absolute Gasteiger partial charge is 0.250 e. The minimum absolute atomic E-state index is 0.0735. The van der Waals surface area contributed by atoms with E-state index < -0.39 is 6.04 Å². The van der Waals surface area contributed by atoms with Gasteiger partial charge in [-0.2, -0.15) is 0 Å². The Morgan fingerprint density at radius 1 is 1.09 bits per heavy atom. The fourth-order valence-corrected chi connectivity index (χ4v) is 3.60. The summed E-state index contributed by atoms with van der Waals surface area (Å²) in [6, 6.07) is 19.3. The second-order valence-electron chi connectivity index (χ2n) is 7.44. The summed E-state index contributed by atoms with van der Waals surface area (Å²) in [5.41, 5.74) is 2.32. The Hall–Kier alpha value is -3.98. The maximum Gasteiger partial charge on any atom is 0.250 e. The molecule has 2 heterocycles. The summed E-state index contributed by atoms with van der Waals surface area (Å²) < 4.78 is 12.2. The molecule has 0 aliphatic heterocycles. The molecule has 170 valence electrons. The summed E-state index contributed by atoms with van der Waals surface area (Å²) in [5, 5.41) is 11.1. The van der Waals surface area contributed by atoms with Crippen LogP contribution >= 0.6 is 0 Å². The number of methoxy groups -OCH3 is 1. The molecule has 0 bridgehead atoms. The number of carbonyl (C=O) groups is 2. The van der Waals surface area contributed by atoms with Gasteiger partial charge in [0.1, 0.15) is 17.8 Å². The number of para-hydroxylation sites is 1. The predicted molar refractivity (Wildman–Crippen MR) is 121 cm³/mol. The van der Waals surface area contributed by atoms with Crippen LogP contribution in [0.1, 0.15) is 17.4 Å². The lowest BCUT2D eigenvalue weighted by atomic mass is 10.1. The molecule has 2 aromatic heterocycles. The first-order chi connectivity index (χ1) is 16.2. The molecule has 1 unspecified atom stereocenters. The molecule has 9 heteroatoms. The number of amides is 2. The van der Waals surface area contributed by atoms with Crippen molar-refractivity contribution in [3.8, 4) is 0 Å². The van der Waals surface area contributed by atoms with E-state index in [0.29, 0.717) is 24.4 Å². The molecule has 0 saturated heterocycles. The molecular weight excluding hydrogens is 422 g/mol. The number of hydrogen-bond donors (Lipinski definition) is 1. The Morgan fingerprint density at radius 3 is 2.64 bits per heavy atom. The van der Waals surface area contributed by atoms with Gasteiger partial charge < -0.3 is 19.4 Å². The number of fused-ring (bicyclic) bond motifs is 1. The Kier molecular flexibility index (Phi) is 7.11. The quantitative estimate of drug-likeness (QED) is 0.375. The van der Waals surface area contributed by atoms with Gasteiger partial charge in [0.15, 0.2) is 6.04 Å². The maximum absolute atomic E-state index is 13.6. The Bertz CT molecular complexity index is 1190. The van der Waals surface area contributed by atoms with Crippen molar-refractivity contribution >= 4 is 22.8 Å². The number of nitrogens with one attached hydrogen (secondary N) is 1. The lowest BCUT2D eigenvalue weighted by Gasteiger charge is -2.30. The Labute approximate surface area is 190 Å². The van der Waals surface area contributed by atoms with Gasteiger partial charge in [-0.1, -0.05) is 47.7 Å². The van der Waals surface area contributed by atoms with Crippen molar-refractivity contribution in [2.45, 2.75) is 19.1 Å². The van der Waals surface area contributed by atoms with Crippen molar-refractivity contribution in [1.82, 2.24) is 25.2 Å². The molecule has 0 spiro atoms. The van der Waals surface area contributed by atoms with Crippen LogP contribution in [0.2, 0.25) is 0 Å². The van der Waals surface area contributed by atoms with Crippen LogP contribution in [0.15, 0.2) is 77.4 Å². The van der Waals surface area contributed by atoms with E-state index in [2.05, 4.69) is 15.6 Å². The highest BCUT2D eigenvalue weighted by Gasteiger charge is 2.34. The van der Waals surface area contributed by atoms with Crippen LogP contribution in [0.4, 0.5) is 0 Å². The predicted octanol–water partition coefficient (Wildman–Crippen LogP) is 2.56. The third-order valence-corrected chi connectivity index (χ3v) is 5.20. The zero-order valence-electron chi connectivity index (χ0n) is 18.3. The third kappa shape index (κ3) is 5.27. The molecule has 2 aromatic carbocycles. The number of hydrogen-bond acceptors (Lipinski definition) is 6. The number of furan rings is 1. The summed E-state index contributed by atoms with van der Waals surface area (Å²) in [7, 11) is 1.56. The van der Waals surface area contributed by atoms with Gasteiger partial charge >= 0.3 is 0 Å². The normalized spacial score (nSPS) is 11.9. The average molecular weight is 447 g/mol. The average Bonchev–Trinajstić information content (AvgIpc) is 3.50. The van der Waals surface area contributed by atoms with Crippen molar-refractivity contribution in [3.63, 3.8) is 0 Å². The number of ether oxygens (including phenoxy) is 1. The van der Waals surface area contributed by atoms with Crippen molar-refractivity contribution in [1.29, 1.82) is 0 Å². The van der Waals surface area contributed by atoms with Crippen LogP contribution in [-0.4, -0.2) is 52.0 Å². The first-order valence-corrected chi connectivity index (χ1v) is 10.6. The number of benzene rings is 2. The molecule has 0 radical (unpaired) electrons. The van der Waals surface area contributed by atoms with Crippen molar-refractivity contribution in [2.75, 3.05) is 20.3 Å². The van der Waals surface area contributed by atoms with E-state index in [4.69, 9.17) is 9.15 Å². The van der Waals surface area contributed by atoms with E-state index in [9.17, 15) is 9.59 Å². The molecule has 0 aliphatic rings. The maximum atomic E-state index is 13.6. The second-order valence-corrected chi connectivity index (χ2v) is 7.44. The first-order valence-electron chi connectivity index (χ1n) is 10.6. The molecule has 1 atom stereocenters. The van der Waals surface area contributed by atoms with Gasteiger partial charge in [-0.15, -0.1) is 5.10 Å². The topological polar surface area (TPSA) is 102 Å². The van der Waals surface area contributed by atoms with Crippen LogP contribution in [0.5, 0.6) is 0 Å². The lowest BCUT2D eigenvalue weighted by Crippen LogP contribution is -2.45. The number of carbonyl (C=O) groups excluding carboxylic acids is 2. The summed E-state index contributed by atoms with van der Waals surface area (Å²) in [6.07, 6.45) is 1.49. The lowest BCUT2D eigenvalue weighted by molar-refractivity contribution is -0.143. The van der Waals surface area contributed by atoms with Crippen LogP contribution < -0.4 is 5.32 Å².